The van der Waals surface area contributed by atoms with Gasteiger partial charge in [-0.25, -0.2) is 4.79 Å². The fourth-order valence-electron chi connectivity index (χ4n) is 3.23. The number of esters is 1. The number of hydrogen-bond acceptors (Lipinski definition) is 5. The van der Waals surface area contributed by atoms with Crippen LogP contribution in [-0.2, 0) is 31.9 Å². The largest absolute Gasteiger partial charge is 0.469 e. The summed E-state index contributed by atoms with van der Waals surface area (Å²) < 4.78 is 10.3. The lowest BCUT2D eigenvalue weighted by molar-refractivity contribution is -0.147. The third kappa shape index (κ3) is 8.62. The molecule has 0 aromatic heterocycles. The number of carbonyl (C=O) groups is 3. The highest BCUT2D eigenvalue weighted by Gasteiger charge is 2.30. The molecule has 166 valence electrons. The van der Waals surface area contributed by atoms with E-state index in [0.29, 0.717) is 12.8 Å². The molecule has 0 fully saturated rings. The molecule has 0 saturated heterocycles. The van der Waals surface area contributed by atoms with Crippen LogP contribution in [0.25, 0.3) is 0 Å². The van der Waals surface area contributed by atoms with Gasteiger partial charge in [0.15, 0.2) is 5.78 Å². The number of benzene rings is 2. The van der Waals surface area contributed by atoms with Crippen molar-refractivity contribution in [1.29, 1.82) is 0 Å². The van der Waals surface area contributed by atoms with Crippen LogP contribution >= 0.6 is 0 Å². The topological polar surface area (TPSA) is 81.7 Å². The van der Waals surface area contributed by atoms with Crippen LogP contribution in [-0.4, -0.2) is 36.6 Å². The fourth-order valence-corrected chi connectivity index (χ4v) is 3.23. The highest BCUT2D eigenvalue weighted by Crippen LogP contribution is 2.17. The average molecular weight is 426 g/mol. The Kier molecular flexibility index (Phi) is 8.79. The Morgan fingerprint density at radius 1 is 0.871 bits per heavy atom. The van der Waals surface area contributed by atoms with Gasteiger partial charge in [-0.3, -0.25) is 9.59 Å². The molecular formula is C25H31NO5. The van der Waals surface area contributed by atoms with Crippen molar-refractivity contribution < 1.29 is 23.9 Å². The minimum atomic E-state index is -0.819. The van der Waals surface area contributed by atoms with Crippen LogP contribution in [0.2, 0.25) is 0 Å². The number of amides is 1. The summed E-state index contributed by atoms with van der Waals surface area (Å²) in [6, 6.07) is 18.0. The summed E-state index contributed by atoms with van der Waals surface area (Å²) >= 11 is 0. The van der Waals surface area contributed by atoms with Crippen molar-refractivity contribution in [3.8, 4) is 0 Å². The Morgan fingerprint density at radius 3 is 1.87 bits per heavy atom. The van der Waals surface area contributed by atoms with Crippen LogP contribution in [0.4, 0.5) is 4.79 Å². The Hall–Kier alpha value is -3.15. The zero-order chi connectivity index (χ0) is 22.9. The van der Waals surface area contributed by atoms with Gasteiger partial charge in [0, 0.05) is 6.42 Å². The van der Waals surface area contributed by atoms with Crippen LogP contribution in [0, 0.1) is 5.92 Å². The third-order valence-electron chi connectivity index (χ3n) is 4.67. The molecule has 0 saturated carbocycles. The number of hydrogen-bond donors (Lipinski definition) is 1. The number of rotatable bonds is 9. The lowest BCUT2D eigenvalue weighted by Crippen LogP contribution is -2.45. The summed E-state index contributed by atoms with van der Waals surface area (Å²) in [5, 5.41) is 2.69. The van der Waals surface area contributed by atoms with Gasteiger partial charge >= 0.3 is 12.1 Å². The van der Waals surface area contributed by atoms with E-state index in [9.17, 15) is 14.4 Å². The van der Waals surface area contributed by atoms with Gasteiger partial charge in [0.25, 0.3) is 0 Å². The lowest BCUT2D eigenvalue weighted by Gasteiger charge is -2.24. The highest BCUT2D eigenvalue weighted by atomic mass is 16.6. The van der Waals surface area contributed by atoms with E-state index in [1.54, 1.807) is 20.8 Å². The Labute approximate surface area is 183 Å². The molecule has 31 heavy (non-hydrogen) atoms. The van der Waals surface area contributed by atoms with E-state index in [2.05, 4.69) is 5.32 Å². The second kappa shape index (κ2) is 11.3. The minimum Gasteiger partial charge on any atom is -0.469 e. The second-order valence-electron chi connectivity index (χ2n) is 8.47. The van der Waals surface area contributed by atoms with E-state index in [-0.39, 0.29) is 12.2 Å². The Balaban J connectivity index is 2.17. The van der Waals surface area contributed by atoms with E-state index < -0.39 is 29.6 Å². The first-order chi connectivity index (χ1) is 14.7. The smallest absolute Gasteiger partial charge is 0.408 e. The van der Waals surface area contributed by atoms with E-state index in [1.807, 2.05) is 60.7 Å². The van der Waals surface area contributed by atoms with Gasteiger partial charge in [-0.2, -0.15) is 0 Å². The Bertz CT molecular complexity index is 858. The summed E-state index contributed by atoms with van der Waals surface area (Å²) in [7, 11) is 1.31. The molecule has 0 heterocycles. The number of methoxy groups -OCH3 is 1. The maximum absolute atomic E-state index is 13.2. The second-order valence-corrected chi connectivity index (χ2v) is 8.47. The zero-order valence-corrected chi connectivity index (χ0v) is 18.6. The monoisotopic (exact) mass is 425 g/mol. The van der Waals surface area contributed by atoms with Crippen molar-refractivity contribution in [2.75, 3.05) is 7.11 Å². The summed E-state index contributed by atoms with van der Waals surface area (Å²) in [6.45, 7) is 5.27. The van der Waals surface area contributed by atoms with Crippen LogP contribution in [0.15, 0.2) is 60.7 Å². The molecule has 2 rings (SSSR count). The summed E-state index contributed by atoms with van der Waals surface area (Å²) in [6.07, 6.45) is -0.0315. The van der Waals surface area contributed by atoms with Crippen molar-refractivity contribution in [3.05, 3.63) is 71.8 Å². The minimum absolute atomic E-state index is 0.0468. The van der Waals surface area contributed by atoms with Crippen LogP contribution in [0.3, 0.4) is 0 Å². The summed E-state index contributed by atoms with van der Waals surface area (Å²) in [5.41, 5.74) is 1.15. The normalized spacial score (nSPS) is 13.0. The number of ether oxygens (including phenoxy) is 2. The maximum atomic E-state index is 13.2. The van der Waals surface area contributed by atoms with Crippen LogP contribution < -0.4 is 5.32 Å². The van der Waals surface area contributed by atoms with Gasteiger partial charge in [-0.15, -0.1) is 0 Å². The average Bonchev–Trinajstić information content (AvgIpc) is 2.72. The van der Waals surface area contributed by atoms with Gasteiger partial charge in [0.05, 0.1) is 19.1 Å². The molecule has 0 radical (unpaired) electrons. The van der Waals surface area contributed by atoms with Gasteiger partial charge in [0.2, 0.25) is 0 Å². The standard InChI is InChI=1S/C25H31NO5/c1-25(2,3)31-24(29)26-21(16-19-13-9-6-10-14-19)22(27)17-20(23(28)30-4)15-18-11-7-5-8-12-18/h5-14,20-21H,15-17H2,1-4H3,(H,26,29)/t20-,21+/m0/s1. The molecule has 2 atom stereocenters. The van der Waals surface area contributed by atoms with Crippen molar-refractivity contribution in [3.63, 3.8) is 0 Å². The molecule has 1 amide bonds. The molecule has 0 bridgehead atoms. The molecule has 2 aromatic carbocycles. The highest BCUT2D eigenvalue weighted by molar-refractivity contribution is 5.90. The fraction of sp³-hybridized carbons (Fsp3) is 0.400. The first-order valence-corrected chi connectivity index (χ1v) is 10.4. The summed E-state index contributed by atoms with van der Waals surface area (Å²) in [5.74, 6) is -1.34. The molecule has 2 aromatic rings. The lowest BCUT2D eigenvalue weighted by atomic mass is 9.90. The van der Waals surface area contributed by atoms with Gasteiger partial charge in [-0.05, 0) is 44.7 Å². The number of carbonyl (C=O) groups excluding carboxylic acids is 3. The van der Waals surface area contributed by atoms with Crippen molar-refractivity contribution >= 4 is 17.8 Å². The van der Waals surface area contributed by atoms with Gasteiger partial charge in [0.1, 0.15) is 5.60 Å². The molecule has 1 N–H and O–H groups in total. The van der Waals surface area contributed by atoms with E-state index in [0.717, 1.165) is 11.1 Å². The van der Waals surface area contributed by atoms with Gasteiger partial charge < -0.3 is 14.8 Å². The van der Waals surface area contributed by atoms with Crippen molar-refractivity contribution in [2.24, 2.45) is 5.92 Å². The zero-order valence-electron chi connectivity index (χ0n) is 18.6. The van der Waals surface area contributed by atoms with Crippen LogP contribution in [0.5, 0.6) is 0 Å². The van der Waals surface area contributed by atoms with Crippen molar-refractivity contribution in [2.45, 2.75) is 51.7 Å². The third-order valence-corrected chi connectivity index (χ3v) is 4.67. The number of ketones is 1. The summed E-state index contributed by atoms with van der Waals surface area (Å²) in [4.78, 5) is 37.9. The predicted molar refractivity (Wildman–Crippen MR) is 119 cm³/mol. The number of nitrogens with one attached hydrogen (secondary N) is 1. The van der Waals surface area contributed by atoms with Crippen LogP contribution in [0.1, 0.15) is 38.3 Å². The molecule has 0 aliphatic heterocycles. The SMILES string of the molecule is COC(=O)[C@H](CC(=O)[C@@H](Cc1ccccc1)NC(=O)OC(C)(C)C)Cc1ccccc1. The molecule has 0 spiro atoms. The first kappa shape index (κ1) is 24.1. The number of Topliss-reactive ketones (excluding diaryl/α,β-unsaturated/α-hetero) is 1. The van der Waals surface area contributed by atoms with E-state index in [4.69, 9.17) is 9.47 Å². The number of alkyl carbamates (subject to hydrolysis) is 1. The molecule has 0 aliphatic rings. The first-order valence-electron chi connectivity index (χ1n) is 10.4. The Morgan fingerprint density at radius 2 is 1.39 bits per heavy atom. The van der Waals surface area contributed by atoms with E-state index >= 15 is 0 Å². The molecular weight excluding hydrogens is 394 g/mol. The van der Waals surface area contributed by atoms with E-state index in [1.165, 1.54) is 7.11 Å². The van der Waals surface area contributed by atoms with Crippen molar-refractivity contribution in [1.82, 2.24) is 5.32 Å². The molecule has 6 nitrogen and oxygen atoms in total. The molecule has 6 heteroatoms. The van der Waals surface area contributed by atoms with Gasteiger partial charge in [-0.1, -0.05) is 60.7 Å². The molecule has 0 unspecified atom stereocenters. The predicted octanol–water partition coefficient (Wildman–Crippen LogP) is 4.11. The maximum Gasteiger partial charge on any atom is 0.408 e. The quantitative estimate of drug-likeness (QED) is 0.612. The molecule has 0 aliphatic carbocycles.